The Morgan fingerprint density at radius 3 is 2.60 bits per heavy atom. The van der Waals surface area contributed by atoms with Gasteiger partial charge in [0.25, 0.3) is 0 Å². The standard InChI is InChI=1S/C11H19NO3/c1-11(2,3)15-10(14)12-6-7-8(12)4-5-9(7)13/h7-9,13H,4-6H2,1-3H3/t7-,8-,9?/m1/s1. The molecule has 86 valence electrons. The molecular weight excluding hydrogens is 194 g/mol. The summed E-state index contributed by atoms with van der Waals surface area (Å²) in [4.78, 5) is 13.5. The molecular formula is C11H19NO3. The van der Waals surface area contributed by atoms with Crippen LogP contribution in [0.25, 0.3) is 0 Å². The molecule has 0 radical (unpaired) electrons. The first-order chi connectivity index (χ1) is 6.88. The van der Waals surface area contributed by atoms with Gasteiger partial charge in [-0.05, 0) is 33.6 Å². The molecule has 1 aliphatic carbocycles. The average Bonchev–Trinajstić information content (AvgIpc) is 2.22. The van der Waals surface area contributed by atoms with Crippen molar-refractivity contribution in [3.63, 3.8) is 0 Å². The number of hydrogen-bond acceptors (Lipinski definition) is 3. The molecule has 1 saturated carbocycles. The molecule has 1 amide bonds. The third-order valence-electron chi connectivity index (χ3n) is 3.18. The number of carbonyl (C=O) groups is 1. The van der Waals surface area contributed by atoms with Crippen molar-refractivity contribution in [2.75, 3.05) is 6.54 Å². The highest BCUT2D eigenvalue weighted by Gasteiger charge is 2.50. The zero-order valence-corrected chi connectivity index (χ0v) is 9.56. The lowest BCUT2D eigenvalue weighted by atomic mass is 9.91. The third-order valence-corrected chi connectivity index (χ3v) is 3.18. The van der Waals surface area contributed by atoms with Crippen molar-refractivity contribution in [3.05, 3.63) is 0 Å². The molecule has 2 fully saturated rings. The Morgan fingerprint density at radius 2 is 2.07 bits per heavy atom. The number of likely N-dealkylation sites (tertiary alicyclic amines) is 1. The predicted octanol–water partition coefficient (Wildman–Crippen LogP) is 1.38. The number of aliphatic hydroxyl groups is 1. The van der Waals surface area contributed by atoms with Crippen LogP contribution in [-0.4, -0.2) is 40.4 Å². The number of fused-ring (bicyclic) bond motifs is 1. The van der Waals surface area contributed by atoms with E-state index in [1.54, 1.807) is 4.90 Å². The van der Waals surface area contributed by atoms with E-state index in [4.69, 9.17) is 4.74 Å². The van der Waals surface area contributed by atoms with E-state index < -0.39 is 5.60 Å². The van der Waals surface area contributed by atoms with Gasteiger partial charge in [-0.3, -0.25) is 0 Å². The van der Waals surface area contributed by atoms with Gasteiger partial charge in [-0.1, -0.05) is 0 Å². The molecule has 0 bridgehead atoms. The number of hydrogen-bond donors (Lipinski definition) is 1. The SMILES string of the molecule is CC(C)(C)OC(=O)N1C[C@H]2C(O)CC[C@H]21. The number of carbonyl (C=O) groups excluding carboxylic acids is 1. The van der Waals surface area contributed by atoms with Gasteiger partial charge in [-0.2, -0.15) is 0 Å². The van der Waals surface area contributed by atoms with Crippen molar-refractivity contribution in [3.8, 4) is 0 Å². The third kappa shape index (κ3) is 1.95. The maximum absolute atomic E-state index is 11.7. The Labute approximate surface area is 90.2 Å². The zero-order valence-electron chi connectivity index (χ0n) is 9.56. The molecule has 2 aliphatic rings. The van der Waals surface area contributed by atoms with Gasteiger partial charge in [0.05, 0.1) is 6.10 Å². The summed E-state index contributed by atoms with van der Waals surface area (Å²) in [6.45, 7) is 6.25. The molecule has 4 nitrogen and oxygen atoms in total. The molecule has 0 spiro atoms. The van der Waals surface area contributed by atoms with E-state index in [0.29, 0.717) is 6.54 Å². The molecule has 0 aromatic heterocycles. The number of ether oxygens (including phenoxy) is 1. The molecule has 1 N–H and O–H groups in total. The van der Waals surface area contributed by atoms with E-state index in [2.05, 4.69) is 0 Å². The second-order valence-corrected chi connectivity index (χ2v) is 5.51. The first-order valence-electron chi connectivity index (χ1n) is 5.56. The first kappa shape index (κ1) is 10.7. The van der Waals surface area contributed by atoms with Crippen LogP contribution in [0.2, 0.25) is 0 Å². The Kier molecular flexibility index (Phi) is 2.41. The fourth-order valence-electron chi connectivity index (χ4n) is 2.41. The van der Waals surface area contributed by atoms with Gasteiger partial charge >= 0.3 is 6.09 Å². The number of rotatable bonds is 0. The predicted molar refractivity (Wildman–Crippen MR) is 55.5 cm³/mol. The van der Waals surface area contributed by atoms with Crippen molar-refractivity contribution in [2.45, 2.75) is 51.4 Å². The summed E-state index contributed by atoms with van der Waals surface area (Å²) in [5.41, 5.74) is -0.431. The van der Waals surface area contributed by atoms with Crippen LogP contribution in [0.3, 0.4) is 0 Å². The Bertz CT molecular complexity index is 271. The van der Waals surface area contributed by atoms with Crippen LogP contribution in [0.5, 0.6) is 0 Å². The molecule has 15 heavy (non-hydrogen) atoms. The highest BCUT2D eigenvalue weighted by atomic mass is 16.6. The van der Waals surface area contributed by atoms with Crippen molar-refractivity contribution >= 4 is 6.09 Å². The van der Waals surface area contributed by atoms with Crippen LogP contribution in [0, 0.1) is 5.92 Å². The smallest absolute Gasteiger partial charge is 0.410 e. The highest BCUT2D eigenvalue weighted by molar-refractivity contribution is 5.70. The van der Waals surface area contributed by atoms with Gasteiger partial charge in [-0.25, -0.2) is 4.79 Å². The maximum Gasteiger partial charge on any atom is 0.410 e. The molecule has 4 heteroatoms. The lowest BCUT2D eigenvalue weighted by Gasteiger charge is -2.45. The Hall–Kier alpha value is -0.770. The summed E-state index contributed by atoms with van der Waals surface area (Å²) in [5.74, 6) is 0.289. The number of aliphatic hydroxyl groups excluding tert-OH is 1. The van der Waals surface area contributed by atoms with Crippen LogP contribution >= 0.6 is 0 Å². The topological polar surface area (TPSA) is 49.8 Å². The zero-order chi connectivity index (χ0) is 11.2. The van der Waals surface area contributed by atoms with Gasteiger partial charge in [0.15, 0.2) is 0 Å². The minimum absolute atomic E-state index is 0.214. The van der Waals surface area contributed by atoms with Gasteiger partial charge in [0.1, 0.15) is 5.60 Å². The molecule has 1 heterocycles. The largest absolute Gasteiger partial charge is 0.444 e. The summed E-state index contributed by atoms with van der Waals surface area (Å²) in [6.07, 6.45) is 1.27. The lowest BCUT2D eigenvalue weighted by molar-refractivity contribution is -0.0414. The summed E-state index contributed by atoms with van der Waals surface area (Å²) in [6, 6.07) is 0.217. The van der Waals surface area contributed by atoms with Crippen LogP contribution in [0.4, 0.5) is 4.79 Å². The monoisotopic (exact) mass is 213 g/mol. The van der Waals surface area contributed by atoms with E-state index in [1.807, 2.05) is 20.8 Å². The van der Waals surface area contributed by atoms with Gasteiger partial charge < -0.3 is 14.7 Å². The molecule has 0 aromatic carbocycles. The van der Waals surface area contributed by atoms with Crippen molar-refractivity contribution in [1.82, 2.24) is 4.90 Å². The van der Waals surface area contributed by atoms with Crippen LogP contribution in [-0.2, 0) is 4.74 Å². The van der Waals surface area contributed by atoms with Crippen molar-refractivity contribution in [1.29, 1.82) is 0 Å². The molecule has 1 saturated heterocycles. The Morgan fingerprint density at radius 1 is 1.40 bits per heavy atom. The summed E-state index contributed by atoms with van der Waals surface area (Å²) in [7, 11) is 0. The minimum atomic E-state index is -0.431. The number of nitrogens with zero attached hydrogens (tertiary/aromatic N) is 1. The second-order valence-electron chi connectivity index (χ2n) is 5.51. The number of amides is 1. The van der Waals surface area contributed by atoms with E-state index in [0.717, 1.165) is 12.8 Å². The normalized spacial score (nSPS) is 34.7. The van der Waals surface area contributed by atoms with Crippen molar-refractivity contribution < 1.29 is 14.6 Å². The van der Waals surface area contributed by atoms with E-state index in [-0.39, 0.29) is 24.2 Å². The van der Waals surface area contributed by atoms with Crippen LogP contribution in [0.1, 0.15) is 33.6 Å². The first-order valence-corrected chi connectivity index (χ1v) is 5.56. The van der Waals surface area contributed by atoms with E-state index in [1.165, 1.54) is 0 Å². The van der Waals surface area contributed by atoms with Gasteiger partial charge in [0, 0.05) is 18.5 Å². The lowest BCUT2D eigenvalue weighted by Crippen LogP contribution is -2.59. The fraction of sp³-hybridized carbons (Fsp3) is 0.909. The van der Waals surface area contributed by atoms with Crippen LogP contribution < -0.4 is 0 Å². The molecule has 0 aromatic rings. The highest BCUT2D eigenvalue weighted by Crippen LogP contribution is 2.39. The summed E-state index contributed by atoms with van der Waals surface area (Å²) >= 11 is 0. The van der Waals surface area contributed by atoms with Gasteiger partial charge in [-0.15, -0.1) is 0 Å². The molecule has 2 rings (SSSR count). The molecule has 3 atom stereocenters. The van der Waals surface area contributed by atoms with E-state index >= 15 is 0 Å². The maximum atomic E-state index is 11.7. The Balaban J connectivity index is 1.90. The summed E-state index contributed by atoms with van der Waals surface area (Å²) in [5, 5.41) is 9.57. The fourth-order valence-corrected chi connectivity index (χ4v) is 2.41. The summed E-state index contributed by atoms with van der Waals surface area (Å²) < 4.78 is 5.29. The quantitative estimate of drug-likeness (QED) is 0.661. The molecule has 1 unspecified atom stereocenters. The van der Waals surface area contributed by atoms with Crippen LogP contribution in [0.15, 0.2) is 0 Å². The minimum Gasteiger partial charge on any atom is -0.444 e. The van der Waals surface area contributed by atoms with Crippen molar-refractivity contribution in [2.24, 2.45) is 5.92 Å². The van der Waals surface area contributed by atoms with E-state index in [9.17, 15) is 9.90 Å². The molecule has 1 aliphatic heterocycles. The second kappa shape index (κ2) is 3.37. The average molecular weight is 213 g/mol. The van der Waals surface area contributed by atoms with Gasteiger partial charge in [0.2, 0.25) is 0 Å².